The van der Waals surface area contributed by atoms with Crippen LogP contribution in [0.15, 0.2) is 58.3 Å². The van der Waals surface area contributed by atoms with Gasteiger partial charge in [0.1, 0.15) is 0 Å². The molecule has 2 aromatic rings. The van der Waals surface area contributed by atoms with E-state index < -0.39 is 0 Å². The zero-order chi connectivity index (χ0) is 12.1. The second-order valence-corrected chi connectivity index (χ2v) is 7.62. The Bertz CT molecular complexity index is 417. The summed E-state index contributed by atoms with van der Waals surface area (Å²) in [6.45, 7) is 0. The van der Waals surface area contributed by atoms with Crippen LogP contribution < -0.4 is 8.92 Å². The van der Waals surface area contributed by atoms with Crippen LogP contribution in [-0.4, -0.2) is 27.5 Å². The van der Waals surface area contributed by atoms with E-state index in [-0.39, 0.29) is 0 Å². The van der Waals surface area contributed by atoms with Crippen LogP contribution >= 0.6 is 23.5 Å². The minimum atomic E-state index is 0.424. The van der Waals surface area contributed by atoms with Crippen LogP contribution in [0.25, 0.3) is 0 Å². The summed E-state index contributed by atoms with van der Waals surface area (Å²) in [5, 5.41) is 0. The van der Waals surface area contributed by atoms with Gasteiger partial charge in [-0.25, -0.2) is 0 Å². The Labute approximate surface area is 118 Å². The van der Waals surface area contributed by atoms with Crippen molar-refractivity contribution in [1.82, 2.24) is 0 Å². The summed E-state index contributed by atoms with van der Waals surface area (Å²) < 4.78 is 2.87. The van der Waals surface area contributed by atoms with Crippen LogP contribution in [0.1, 0.15) is 0 Å². The summed E-state index contributed by atoms with van der Waals surface area (Å²) in [6, 6.07) is 17.8. The van der Waals surface area contributed by atoms with Crippen LogP contribution in [0.3, 0.4) is 0 Å². The molecule has 0 amide bonds. The number of benzene rings is 2. The molecule has 0 aliphatic heterocycles. The maximum absolute atomic E-state index is 2.24. The third-order valence-electron chi connectivity index (χ3n) is 2.35. The van der Waals surface area contributed by atoms with E-state index in [9.17, 15) is 0 Å². The van der Waals surface area contributed by atoms with E-state index in [2.05, 4.69) is 61.0 Å². The van der Waals surface area contributed by atoms with Gasteiger partial charge in [-0.3, -0.25) is 0 Å². The molecule has 0 heterocycles. The first kappa shape index (κ1) is 13.1. The van der Waals surface area contributed by atoms with Crippen LogP contribution in [0.2, 0.25) is 0 Å². The van der Waals surface area contributed by atoms with Gasteiger partial charge in [-0.15, -0.1) is 0 Å². The van der Waals surface area contributed by atoms with Crippen molar-refractivity contribution in [3.63, 3.8) is 0 Å². The van der Waals surface area contributed by atoms with E-state index in [1.54, 1.807) is 23.5 Å². The fourth-order valence-electron chi connectivity index (χ4n) is 1.42. The predicted molar refractivity (Wildman–Crippen MR) is 81.5 cm³/mol. The number of thioether (sulfide) groups is 2. The van der Waals surface area contributed by atoms with E-state index in [4.69, 9.17) is 0 Å². The molecule has 0 radical (unpaired) electrons. The van der Waals surface area contributed by atoms with Crippen molar-refractivity contribution in [2.75, 3.05) is 12.5 Å². The molecule has 0 atom stereocenters. The summed E-state index contributed by atoms with van der Waals surface area (Å²) in [4.78, 5) is 2.67. The van der Waals surface area contributed by atoms with E-state index in [1.807, 2.05) is 0 Å². The van der Waals surface area contributed by atoms with Crippen molar-refractivity contribution >= 4 is 47.4 Å². The van der Waals surface area contributed by atoms with E-state index >= 15 is 0 Å². The van der Waals surface area contributed by atoms with Crippen LogP contribution in [0.5, 0.6) is 0 Å². The van der Waals surface area contributed by atoms with Gasteiger partial charge in [-0.05, 0) is 0 Å². The molecule has 0 aliphatic rings. The van der Waals surface area contributed by atoms with E-state index in [1.165, 1.54) is 18.7 Å². The van der Waals surface area contributed by atoms with Gasteiger partial charge in [-0.2, -0.15) is 0 Å². The summed E-state index contributed by atoms with van der Waals surface area (Å²) in [5.41, 5.74) is 0. The molecule has 0 N–H and O–H groups in total. The van der Waals surface area contributed by atoms with Gasteiger partial charge in [0.25, 0.3) is 0 Å². The van der Waals surface area contributed by atoms with Gasteiger partial charge in [-0.1, -0.05) is 0 Å². The molecule has 0 fully saturated rings. The fraction of sp³-hybridized carbons (Fsp3) is 0.143. The Morgan fingerprint density at radius 3 is 1.29 bits per heavy atom. The molecular formula is C14H14S2Se. The Morgan fingerprint density at radius 2 is 1.00 bits per heavy atom. The Balaban J connectivity index is 2.08. The monoisotopic (exact) mass is 326 g/mol. The number of hydrogen-bond donors (Lipinski definition) is 0. The first-order valence-electron chi connectivity index (χ1n) is 5.28. The minimum absolute atomic E-state index is 0.424. The topological polar surface area (TPSA) is 0 Å². The van der Waals surface area contributed by atoms with E-state index in [0.717, 1.165) is 0 Å². The molecule has 0 aliphatic carbocycles. The van der Waals surface area contributed by atoms with Crippen molar-refractivity contribution in [2.24, 2.45) is 0 Å². The third-order valence-corrected chi connectivity index (χ3v) is 5.97. The van der Waals surface area contributed by atoms with Crippen molar-refractivity contribution in [3.05, 3.63) is 48.5 Å². The second kappa shape index (κ2) is 6.55. The standard InChI is InChI=1S/C14H14S2Se/c1-15-11-3-7-13(8-4-11)17-14-9-5-12(16-2)6-10-14/h3-10H,1-2H3. The molecule has 0 nitrogen and oxygen atoms in total. The average Bonchev–Trinajstić information content (AvgIpc) is 2.40. The van der Waals surface area contributed by atoms with Crippen molar-refractivity contribution in [1.29, 1.82) is 0 Å². The van der Waals surface area contributed by atoms with Gasteiger partial charge in [0.15, 0.2) is 0 Å². The molecule has 3 heteroatoms. The second-order valence-electron chi connectivity index (χ2n) is 3.45. The molecule has 0 bridgehead atoms. The summed E-state index contributed by atoms with van der Waals surface area (Å²) in [5.74, 6) is 0. The summed E-state index contributed by atoms with van der Waals surface area (Å²) >= 11 is 4.01. The number of rotatable bonds is 4. The molecule has 2 rings (SSSR count). The van der Waals surface area contributed by atoms with Crippen LogP contribution in [0.4, 0.5) is 0 Å². The van der Waals surface area contributed by atoms with Gasteiger partial charge >= 0.3 is 118 Å². The van der Waals surface area contributed by atoms with Crippen molar-refractivity contribution in [3.8, 4) is 0 Å². The van der Waals surface area contributed by atoms with Gasteiger partial charge in [0, 0.05) is 0 Å². The normalized spacial score (nSPS) is 10.5. The maximum atomic E-state index is 2.24. The molecule has 0 aromatic heterocycles. The van der Waals surface area contributed by atoms with Gasteiger partial charge in [0.2, 0.25) is 0 Å². The predicted octanol–water partition coefficient (Wildman–Crippen LogP) is 2.79. The SMILES string of the molecule is CSc1ccc([Se]c2ccc(SC)cc2)cc1. The first-order valence-corrected chi connectivity index (χ1v) is 9.44. The van der Waals surface area contributed by atoms with Gasteiger partial charge in [0.05, 0.1) is 0 Å². The number of hydrogen-bond acceptors (Lipinski definition) is 2. The average molecular weight is 325 g/mol. The van der Waals surface area contributed by atoms with Crippen molar-refractivity contribution in [2.45, 2.75) is 9.79 Å². The molecule has 2 aromatic carbocycles. The molecule has 0 saturated carbocycles. The molecular weight excluding hydrogens is 311 g/mol. The van der Waals surface area contributed by atoms with Crippen LogP contribution in [0, 0.1) is 0 Å². The molecule has 0 unspecified atom stereocenters. The molecule has 17 heavy (non-hydrogen) atoms. The first-order chi connectivity index (χ1) is 8.31. The molecule has 0 spiro atoms. The fourth-order valence-corrected chi connectivity index (χ4v) is 3.95. The zero-order valence-corrected chi connectivity index (χ0v) is 13.2. The summed E-state index contributed by atoms with van der Waals surface area (Å²) in [6.07, 6.45) is 4.22. The third kappa shape index (κ3) is 3.82. The quantitative estimate of drug-likeness (QED) is 0.626. The Hall–Kier alpha value is -0.341. The van der Waals surface area contributed by atoms with E-state index in [0.29, 0.717) is 15.0 Å². The molecule has 0 saturated heterocycles. The Kier molecular flexibility index (Phi) is 5.05. The van der Waals surface area contributed by atoms with Gasteiger partial charge < -0.3 is 0 Å². The van der Waals surface area contributed by atoms with Crippen molar-refractivity contribution < 1.29 is 0 Å². The summed E-state index contributed by atoms with van der Waals surface area (Å²) in [7, 11) is 0. The Morgan fingerprint density at radius 1 is 0.647 bits per heavy atom. The molecule has 88 valence electrons. The zero-order valence-electron chi connectivity index (χ0n) is 9.84. The van der Waals surface area contributed by atoms with Crippen LogP contribution in [-0.2, 0) is 0 Å².